The van der Waals surface area contributed by atoms with Crippen LogP contribution in [0, 0.1) is 0 Å². The molecular weight excluding hydrogens is 442 g/mol. The van der Waals surface area contributed by atoms with Gasteiger partial charge < -0.3 is 30.4 Å². The van der Waals surface area contributed by atoms with Crippen LogP contribution in [0.4, 0.5) is 16.2 Å². The number of aliphatic hydroxyl groups excluding tert-OH is 1. The molecule has 158 valence electrons. The molecule has 1 atom stereocenters. The maximum absolute atomic E-state index is 12.2. The molecule has 2 aromatic heterocycles. The molecule has 1 saturated heterocycles. The number of H-pyrrole nitrogens is 1. The SMILES string of the molecule is CC(C)(C)OC(=O)NC1CCCN(c2c(Br)cnc3[nH]cc(NC(=O)CO)c23)C1. The maximum atomic E-state index is 12.2. The van der Waals surface area contributed by atoms with Gasteiger partial charge in [0.15, 0.2) is 0 Å². The average molecular weight is 468 g/mol. The molecule has 0 radical (unpaired) electrons. The first-order chi connectivity index (χ1) is 13.7. The van der Waals surface area contributed by atoms with Crippen molar-refractivity contribution in [3.63, 3.8) is 0 Å². The van der Waals surface area contributed by atoms with Crippen molar-refractivity contribution >= 4 is 50.3 Å². The van der Waals surface area contributed by atoms with Crippen molar-refractivity contribution in [1.82, 2.24) is 15.3 Å². The van der Waals surface area contributed by atoms with Crippen LogP contribution in [-0.2, 0) is 9.53 Å². The van der Waals surface area contributed by atoms with Gasteiger partial charge in [0.05, 0.1) is 21.2 Å². The van der Waals surface area contributed by atoms with Crippen LogP contribution < -0.4 is 15.5 Å². The Hall–Kier alpha value is -2.33. The van der Waals surface area contributed by atoms with Crippen LogP contribution in [0.15, 0.2) is 16.9 Å². The number of carbonyl (C=O) groups excluding carboxylic acids is 2. The number of aliphatic hydroxyl groups is 1. The standard InChI is InChI=1S/C19H26BrN5O4/c1-19(2,3)29-18(28)23-11-5-4-6-25(9-11)16-12(20)7-21-17-15(16)13(8-22-17)24-14(27)10-26/h7-8,11,26H,4-6,9-10H2,1-3H3,(H,21,22)(H,23,28)(H,24,27). The highest BCUT2D eigenvalue weighted by Gasteiger charge is 2.27. The molecule has 3 heterocycles. The number of hydrogen-bond acceptors (Lipinski definition) is 6. The van der Waals surface area contributed by atoms with Crippen molar-refractivity contribution < 1.29 is 19.4 Å². The van der Waals surface area contributed by atoms with Gasteiger partial charge in [-0.1, -0.05) is 0 Å². The van der Waals surface area contributed by atoms with Gasteiger partial charge in [0, 0.05) is 31.5 Å². The van der Waals surface area contributed by atoms with E-state index in [0.29, 0.717) is 17.9 Å². The van der Waals surface area contributed by atoms with Gasteiger partial charge in [-0.2, -0.15) is 0 Å². The van der Waals surface area contributed by atoms with Crippen LogP contribution in [0.2, 0.25) is 0 Å². The first-order valence-corrected chi connectivity index (χ1v) is 10.3. The number of pyridine rings is 1. The number of anilines is 2. The topological polar surface area (TPSA) is 120 Å². The second-order valence-electron chi connectivity index (χ2n) is 8.02. The van der Waals surface area contributed by atoms with Crippen molar-refractivity contribution in [2.45, 2.75) is 45.3 Å². The van der Waals surface area contributed by atoms with Gasteiger partial charge in [-0.15, -0.1) is 0 Å². The molecule has 2 aromatic rings. The van der Waals surface area contributed by atoms with E-state index in [4.69, 9.17) is 9.84 Å². The summed E-state index contributed by atoms with van der Waals surface area (Å²) in [5, 5.41) is 15.5. The summed E-state index contributed by atoms with van der Waals surface area (Å²) in [5.41, 5.74) is 1.49. The van der Waals surface area contributed by atoms with E-state index < -0.39 is 24.2 Å². The third-order valence-corrected chi connectivity index (χ3v) is 5.09. The minimum absolute atomic E-state index is 0.0665. The molecule has 1 unspecified atom stereocenters. The monoisotopic (exact) mass is 467 g/mol. The highest BCUT2D eigenvalue weighted by Crippen LogP contribution is 2.38. The number of fused-ring (bicyclic) bond motifs is 1. The molecule has 1 aliphatic heterocycles. The van der Waals surface area contributed by atoms with E-state index in [2.05, 4.69) is 41.4 Å². The predicted molar refractivity (Wildman–Crippen MR) is 114 cm³/mol. The number of piperidine rings is 1. The molecule has 0 bridgehead atoms. The number of aromatic amines is 1. The molecule has 4 N–H and O–H groups in total. The molecule has 0 spiro atoms. The quantitative estimate of drug-likeness (QED) is 0.548. The summed E-state index contributed by atoms with van der Waals surface area (Å²) in [6.07, 6.45) is 4.67. The molecule has 2 amide bonds. The van der Waals surface area contributed by atoms with Gasteiger partial charge >= 0.3 is 6.09 Å². The van der Waals surface area contributed by atoms with Crippen molar-refractivity contribution in [2.24, 2.45) is 0 Å². The molecule has 1 aliphatic rings. The Balaban J connectivity index is 1.85. The fourth-order valence-electron chi connectivity index (χ4n) is 3.43. The number of halogens is 1. The summed E-state index contributed by atoms with van der Waals surface area (Å²) in [5.74, 6) is -0.500. The van der Waals surface area contributed by atoms with Gasteiger partial charge in [0.2, 0.25) is 5.91 Å². The first-order valence-electron chi connectivity index (χ1n) is 9.48. The second-order valence-corrected chi connectivity index (χ2v) is 8.87. The number of amides is 2. The lowest BCUT2D eigenvalue weighted by molar-refractivity contribution is -0.118. The predicted octanol–water partition coefficient (Wildman–Crippen LogP) is 2.75. The number of carbonyl (C=O) groups is 2. The zero-order valence-corrected chi connectivity index (χ0v) is 18.3. The van der Waals surface area contributed by atoms with Gasteiger partial charge in [-0.05, 0) is 49.5 Å². The summed E-state index contributed by atoms with van der Waals surface area (Å²) in [4.78, 5) is 33.4. The van der Waals surface area contributed by atoms with Crippen molar-refractivity contribution in [3.8, 4) is 0 Å². The fourth-order valence-corrected chi connectivity index (χ4v) is 3.98. The first kappa shape index (κ1) is 21.4. The number of hydrogen-bond donors (Lipinski definition) is 4. The van der Waals surface area contributed by atoms with Crippen molar-refractivity contribution in [2.75, 3.05) is 29.9 Å². The molecule has 0 aliphatic carbocycles. The largest absolute Gasteiger partial charge is 0.444 e. The van der Waals surface area contributed by atoms with Crippen molar-refractivity contribution in [3.05, 3.63) is 16.9 Å². The highest BCUT2D eigenvalue weighted by atomic mass is 79.9. The third kappa shape index (κ3) is 5.18. The minimum Gasteiger partial charge on any atom is -0.444 e. The average Bonchev–Trinajstić information content (AvgIpc) is 3.02. The molecule has 0 aromatic carbocycles. The van der Waals surface area contributed by atoms with Gasteiger partial charge in [-0.3, -0.25) is 4.79 Å². The van der Waals surface area contributed by atoms with E-state index in [-0.39, 0.29) is 6.04 Å². The number of rotatable bonds is 4. The van der Waals surface area contributed by atoms with Gasteiger partial charge in [0.25, 0.3) is 0 Å². The molecular formula is C19H26BrN5O4. The van der Waals surface area contributed by atoms with Crippen LogP contribution in [0.5, 0.6) is 0 Å². The zero-order valence-electron chi connectivity index (χ0n) is 16.7. The molecule has 29 heavy (non-hydrogen) atoms. The lowest BCUT2D eigenvalue weighted by atomic mass is 10.0. The number of aromatic nitrogens is 2. The molecule has 9 nitrogen and oxygen atoms in total. The van der Waals surface area contributed by atoms with Gasteiger partial charge in [-0.25, -0.2) is 9.78 Å². The number of nitrogens with zero attached hydrogens (tertiary/aromatic N) is 2. The van der Waals surface area contributed by atoms with E-state index in [1.54, 1.807) is 12.4 Å². The maximum Gasteiger partial charge on any atom is 0.407 e. The van der Waals surface area contributed by atoms with Crippen LogP contribution >= 0.6 is 15.9 Å². The van der Waals surface area contributed by atoms with Crippen LogP contribution in [-0.4, -0.2) is 58.4 Å². The normalized spacial score (nSPS) is 17.3. The summed E-state index contributed by atoms with van der Waals surface area (Å²) in [6.45, 7) is 6.28. The number of ether oxygens (including phenoxy) is 1. The lowest BCUT2D eigenvalue weighted by Crippen LogP contribution is -2.49. The number of nitrogens with one attached hydrogen (secondary N) is 3. The summed E-state index contributed by atoms with van der Waals surface area (Å²) < 4.78 is 6.15. The number of alkyl carbamates (subject to hydrolysis) is 1. The summed E-state index contributed by atoms with van der Waals surface area (Å²) in [7, 11) is 0. The Labute approximate surface area is 177 Å². The van der Waals surface area contributed by atoms with E-state index in [1.807, 2.05) is 20.8 Å². The van der Waals surface area contributed by atoms with Crippen LogP contribution in [0.1, 0.15) is 33.6 Å². The van der Waals surface area contributed by atoms with Crippen LogP contribution in [0.25, 0.3) is 11.0 Å². The molecule has 10 heteroatoms. The Morgan fingerprint density at radius 2 is 2.21 bits per heavy atom. The summed E-state index contributed by atoms with van der Waals surface area (Å²) in [6, 6.07) is -0.0665. The van der Waals surface area contributed by atoms with Gasteiger partial charge in [0.1, 0.15) is 17.9 Å². The fraction of sp³-hybridized carbons (Fsp3) is 0.526. The smallest absolute Gasteiger partial charge is 0.407 e. The Kier molecular flexibility index (Phi) is 6.33. The van der Waals surface area contributed by atoms with E-state index in [0.717, 1.165) is 34.9 Å². The Morgan fingerprint density at radius 1 is 1.45 bits per heavy atom. The van der Waals surface area contributed by atoms with E-state index in [1.165, 1.54) is 0 Å². The molecule has 0 saturated carbocycles. The minimum atomic E-state index is -0.602. The lowest BCUT2D eigenvalue weighted by Gasteiger charge is -2.36. The summed E-state index contributed by atoms with van der Waals surface area (Å²) >= 11 is 3.57. The second kappa shape index (κ2) is 8.58. The van der Waals surface area contributed by atoms with Crippen molar-refractivity contribution in [1.29, 1.82) is 0 Å². The highest BCUT2D eigenvalue weighted by molar-refractivity contribution is 9.10. The molecule has 3 rings (SSSR count). The van der Waals surface area contributed by atoms with E-state index >= 15 is 0 Å². The van der Waals surface area contributed by atoms with E-state index in [9.17, 15) is 9.59 Å². The third-order valence-electron chi connectivity index (χ3n) is 4.51. The zero-order chi connectivity index (χ0) is 21.2. The molecule has 1 fully saturated rings. The Morgan fingerprint density at radius 3 is 2.90 bits per heavy atom. The van der Waals surface area contributed by atoms with Crippen LogP contribution in [0.3, 0.4) is 0 Å². The Bertz CT molecular complexity index is 908.